The molecular formula is C46H28N4O. The Morgan fingerprint density at radius 1 is 0.353 bits per heavy atom. The van der Waals surface area contributed by atoms with Gasteiger partial charge in [0.1, 0.15) is 11.1 Å². The first-order valence-corrected chi connectivity index (χ1v) is 17.0. The lowest BCUT2D eigenvalue weighted by atomic mass is 9.90. The third kappa shape index (κ3) is 5.03. The normalized spacial score (nSPS) is 11.5. The topological polar surface area (TPSA) is 64.7 Å². The van der Waals surface area contributed by atoms with Gasteiger partial charge in [0.15, 0.2) is 23.1 Å². The van der Waals surface area contributed by atoms with Gasteiger partial charge in [-0.2, -0.15) is 0 Å². The van der Waals surface area contributed by atoms with Crippen molar-refractivity contribution in [2.45, 2.75) is 0 Å². The molecule has 0 unspecified atom stereocenters. The predicted octanol–water partition coefficient (Wildman–Crippen LogP) is 11.8. The lowest BCUT2D eigenvalue weighted by molar-refractivity contribution is 0.669. The van der Waals surface area contributed by atoms with E-state index in [1.165, 1.54) is 0 Å². The van der Waals surface area contributed by atoms with E-state index < -0.39 is 0 Å². The van der Waals surface area contributed by atoms with Gasteiger partial charge in [-0.25, -0.2) is 19.9 Å². The Bertz CT molecular complexity index is 2840. The van der Waals surface area contributed by atoms with Crippen LogP contribution in [0.5, 0.6) is 0 Å². The summed E-state index contributed by atoms with van der Waals surface area (Å²) < 4.78 is 6.61. The standard InChI is InChI=1S/C46H28N4O/c1-4-14-29(15-5-1)33-26-38(42-40(28-33)51-41-27-32-20-10-13-23-39(32)47-43(41)42)36-24-25-37(35-22-12-11-21-34(35)36)46-49-44(30-16-6-2-7-17-30)48-45(50-46)31-18-8-3-9-19-31/h1-28H. The zero-order chi connectivity index (χ0) is 33.7. The summed E-state index contributed by atoms with van der Waals surface area (Å²) in [4.78, 5) is 20.2. The van der Waals surface area contributed by atoms with Gasteiger partial charge in [0.2, 0.25) is 0 Å². The summed E-state index contributed by atoms with van der Waals surface area (Å²) in [5, 5.41) is 4.17. The minimum absolute atomic E-state index is 0.621. The number of rotatable bonds is 5. The number of hydrogen-bond acceptors (Lipinski definition) is 5. The molecule has 0 aliphatic heterocycles. The van der Waals surface area contributed by atoms with Gasteiger partial charge in [0.25, 0.3) is 0 Å². The van der Waals surface area contributed by atoms with Crippen molar-refractivity contribution in [3.8, 4) is 56.4 Å². The molecule has 51 heavy (non-hydrogen) atoms. The lowest BCUT2D eigenvalue weighted by Crippen LogP contribution is -2.00. The summed E-state index contributed by atoms with van der Waals surface area (Å²) in [7, 11) is 0. The minimum atomic E-state index is 0.621. The maximum Gasteiger partial charge on any atom is 0.164 e. The fourth-order valence-electron chi connectivity index (χ4n) is 7.08. The van der Waals surface area contributed by atoms with Gasteiger partial charge in [0, 0.05) is 22.1 Å². The fourth-order valence-corrected chi connectivity index (χ4v) is 7.08. The van der Waals surface area contributed by atoms with Crippen molar-refractivity contribution < 1.29 is 4.42 Å². The van der Waals surface area contributed by atoms with Crippen molar-refractivity contribution in [1.29, 1.82) is 0 Å². The van der Waals surface area contributed by atoms with E-state index in [2.05, 4.69) is 91.0 Å². The fraction of sp³-hybridized carbons (Fsp3) is 0. The molecule has 5 nitrogen and oxygen atoms in total. The third-order valence-corrected chi connectivity index (χ3v) is 9.51. The van der Waals surface area contributed by atoms with Gasteiger partial charge in [0.05, 0.1) is 10.9 Å². The Morgan fingerprint density at radius 3 is 1.59 bits per heavy atom. The van der Waals surface area contributed by atoms with Crippen molar-refractivity contribution in [1.82, 2.24) is 19.9 Å². The molecule has 0 amide bonds. The average Bonchev–Trinajstić information content (AvgIpc) is 3.57. The van der Waals surface area contributed by atoms with Gasteiger partial charge in [-0.1, -0.05) is 140 Å². The van der Waals surface area contributed by atoms with Crippen LogP contribution in [0.25, 0.3) is 100 Å². The molecule has 0 aliphatic rings. The smallest absolute Gasteiger partial charge is 0.164 e. The molecule has 0 saturated heterocycles. The van der Waals surface area contributed by atoms with Crippen LogP contribution in [-0.4, -0.2) is 19.9 Å². The second kappa shape index (κ2) is 11.9. The molecular weight excluding hydrogens is 625 g/mol. The van der Waals surface area contributed by atoms with Crippen LogP contribution >= 0.6 is 0 Å². The molecule has 3 heterocycles. The van der Waals surface area contributed by atoms with E-state index in [-0.39, 0.29) is 0 Å². The molecule has 10 aromatic rings. The van der Waals surface area contributed by atoms with Gasteiger partial charge in [-0.05, 0) is 63.4 Å². The van der Waals surface area contributed by atoms with Crippen LogP contribution < -0.4 is 0 Å². The van der Waals surface area contributed by atoms with Crippen molar-refractivity contribution >= 4 is 43.7 Å². The summed E-state index contributed by atoms with van der Waals surface area (Å²) in [6.07, 6.45) is 0. The van der Waals surface area contributed by atoms with E-state index in [1.807, 2.05) is 78.9 Å². The maximum absolute atomic E-state index is 6.61. The van der Waals surface area contributed by atoms with Crippen LogP contribution in [-0.2, 0) is 0 Å². The molecule has 3 aromatic heterocycles. The Balaban J connectivity index is 1.24. The van der Waals surface area contributed by atoms with Crippen LogP contribution in [0, 0.1) is 0 Å². The van der Waals surface area contributed by atoms with Crippen molar-refractivity contribution in [2.24, 2.45) is 0 Å². The first kappa shape index (κ1) is 29.0. The average molecular weight is 653 g/mol. The molecule has 0 bridgehead atoms. The van der Waals surface area contributed by atoms with Crippen LogP contribution in [0.1, 0.15) is 0 Å². The first-order chi connectivity index (χ1) is 25.3. The molecule has 0 radical (unpaired) electrons. The van der Waals surface area contributed by atoms with Crippen LogP contribution in [0.4, 0.5) is 0 Å². The quantitative estimate of drug-likeness (QED) is 0.185. The Morgan fingerprint density at radius 2 is 0.902 bits per heavy atom. The predicted molar refractivity (Wildman–Crippen MR) is 207 cm³/mol. The summed E-state index contributed by atoms with van der Waals surface area (Å²) in [6, 6.07) is 58.1. The second-order valence-corrected chi connectivity index (χ2v) is 12.6. The van der Waals surface area contributed by atoms with Gasteiger partial charge < -0.3 is 4.42 Å². The molecule has 10 rings (SSSR count). The number of nitrogens with zero attached hydrogens (tertiary/aromatic N) is 4. The summed E-state index contributed by atoms with van der Waals surface area (Å²) in [5.41, 5.74) is 10.5. The second-order valence-electron chi connectivity index (χ2n) is 12.6. The highest BCUT2D eigenvalue weighted by Gasteiger charge is 2.21. The largest absolute Gasteiger partial charge is 0.454 e. The summed E-state index contributed by atoms with van der Waals surface area (Å²) >= 11 is 0. The number of benzene rings is 7. The molecule has 0 atom stereocenters. The van der Waals surface area contributed by atoms with E-state index in [9.17, 15) is 0 Å². The Labute approximate surface area is 293 Å². The monoisotopic (exact) mass is 652 g/mol. The van der Waals surface area contributed by atoms with Crippen molar-refractivity contribution in [3.05, 3.63) is 170 Å². The van der Waals surface area contributed by atoms with Crippen LogP contribution in [0.15, 0.2) is 174 Å². The SMILES string of the molecule is c1ccc(-c2cc(-c3ccc(-c4nc(-c5ccccc5)nc(-c5ccccc5)n4)c4ccccc34)c3c(c2)oc2cc4ccccc4nc23)cc1. The lowest BCUT2D eigenvalue weighted by Gasteiger charge is -2.14. The van der Waals surface area contributed by atoms with Crippen molar-refractivity contribution in [2.75, 3.05) is 0 Å². The summed E-state index contributed by atoms with van der Waals surface area (Å²) in [5.74, 6) is 1.89. The van der Waals surface area contributed by atoms with E-state index in [0.717, 1.165) is 82.7 Å². The molecule has 0 N–H and O–H groups in total. The highest BCUT2D eigenvalue weighted by molar-refractivity contribution is 6.17. The molecule has 0 spiro atoms. The third-order valence-electron chi connectivity index (χ3n) is 9.51. The first-order valence-electron chi connectivity index (χ1n) is 17.0. The highest BCUT2D eigenvalue weighted by Crippen LogP contribution is 2.43. The molecule has 7 aromatic carbocycles. The Hall–Kier alpha value is -6.98. The van der Waals surface area contributed by atoms with E-state index in [1.54, 1.807) is 0 Å². The molecule has 0 aliphatic carbocycles. The number of aromatic nitrogens is 4. The van der Waals surface area contributed by atoms with E-state index in [0.29, 0.717) is 17.5 Å². The number of pyridine rings is 1. The van der Waals surface area contributed by atoms with Gasteiger partial charge in [-0.15, -0.1) is 0 Å². The van der Waals surface area contributed by atoms with Crippen molar-refractivity contribution in [3.63, 3.8) is 0 Å². The van der Waals surface area contributed by atoms with Crippen LogP contribution in [0.3, 0.4) is 0 Å². The van der Waals surface area contributed by atoms with Crippen LogP contribution in [0.2, 0.25) is 0 Å². The zero-order valence-corrected chi connectivity index (χ0v) is 27.4. The van der Waals surface area contributed by atoms with E-state index >= 15 is 0 Å². The van der Waals surface area contributed by atoms with Gasteiger partial charge in [-0.3, -0.25) is 0 Å². The number of fused-ring (bicyclic) bond motifs is 5. The highest BCUT2D eigenvalue weighted by atomic mass is 16.3. The summed E-state index contributed by atoms with van der Waals surface area (Å²) in [6.45, 7) is 0. The maximum atomic E-state index is 6.61. The van der Waals surface area contributed by atoms with E-state index in [4.69, 9.17) is 24.4 Å². The van der Waals surface area contributed by atoms with Gasteiger partial charge >= 0.3 is 0 Å². The number of hydrogen-bond donors (Lipinski definition) is 0. The zero-order valence-electron chi connectivity index (χ0n) is 27.4. The molecule has 238 valence electrons. The minimum Gasteiger partial charge on any atom is -0.454 e. The Kier molecular flexibility index (Phi) is 6.74. The molecule has 0 saturated carbocycles. The number of para-hydroxylation sites is 1. The molecule has 5 heteroatoms. The molecule has 0 fully saturated rings. The number of furan rings is 1.